The lowest BCUT2D eigenvalue weighted by Gasteiger charge is -2.05. The van der Waals surface area contributed by atoms with Gasteiger partial charge in [0.1, 0.15) is 11.3 Å². The number of nitrogens with zero attached hydrogens (tertiary/aromatic N) is 1. The average Bonchev–Trinajstić information content (AvgIpc) is 3.25. The van der Waals surface area contributed by atoms with Crippen molar-refractivity contribution < 1.29 is 26.8 Å². The van der Waals surface area contributed by atoms with Crippen molar-refractivity contribution in [3.8, 4) is 0 Å². The van der Waals surface area contributed by atoms with Crippen LogP contribution in [0, 0.1) is 19.7 Å². The van der Waals surface area contributed by atoms with Crippen molar-refractivity contribution in [3.63, 3.8) is 0 Å². The Morgan fingerprint density at radius 1 is 1.20 bits per heavy atom. The number of hydrogen-bond donors (Lipinski definition) is 2. The molecular formula is C21H17F4N3O2. The SMILES string of the molecule is Cc1[nH]c2c(F)ccc(C)c2c1CCNC(=O)c1nc2ccc(C(F)(F)F)cc2o1. The number of aryl methyl sites for hydroxylation is 2. The number of benzene rings is 2. The maximum atomic E-state index is 14.0. The van der Waals surface area contributed by atoms with E-state index in [-0.39, 0.29) is 29.4 Å². The second kappa shape index (κ2) is 7.16. The molecule has 2 aromatic heterocycles. The first kappa shape index (κ1) is 19.9. The number of oxazole rings is 1. The van der Waals surface area contributed by atoms with Crippen LogP contribution in [0.5, 0.6) is 0 Å². The average molecular weight is 419 g/mol. The lowest BCUT2D eigenvalue weighted by molar-refractivity contribution is -0.137. The maximum absolute atomic E-state index is 14.0. The molecule has 0 aliphatic heterocycles. The number of halogens is 4. The number of alkyl halides is 3. The summed E-state index contributed by atoms with van der Waals surface area (Å²) in [5, 5.41) is 3.42. The molecule has 0 aliphatic rings. The number of nitrogens with one attached hydrogen (secondary N) is 2. The first-order valence-electron chi connectivity index (χ1n) is 9.17. The van der Waals surface area contributed by atoms with Crippen LogP contribution < -0.4 is 5.32 Å². The van der Waals surface area contributed by atoms with Crippen molar-refractivity contribution in [3.05, 3.63) is 64.4 Å². The predicted molar refractivity (Wildman–Crippen MR) is 103 cm³/mol. The number of rotatable bonds is 4. The van der Waals surface area contributed by atoms with E-state index in [9.17, 15) is 22.4 Å². The molecule has 0 aliphatic carbocycles. The Bertz CT molecular complexity index is 1270. The Hall–Kier alpha value is -3.36. The van der Waals surface area contributed by atoms with Crippen LogP contribution in [-0.2, 0) is 12.6 Å². The van der Waals surface area contributed by atoms with Crippen LogP contribution in [-0.4, -0.2) is 22.4 Å². The van der Waals surface area contributed by atoms with E-state index in [1.165, 1.54) is 6.07 Å². The molecule has 4 aromatic rings. The van der Waals surface area contributed by atoms with Crippen LogP contribution in [0.1, 0.15) is 33.1 Å². The number of carbonyl (C=O) groups is 1. The minimum absolute atomic E-state index is 0.117. The lowest BCUT2D eigenvalue weighted by Crippen LogP contribution is -2.26. The molecule has 2 heterocycles. The molecule has 0 fully saturated rings. The summed E-state index contributed by atoms with van der Waals surface area (Å²) in [6.45, 7) is 3.93. The largest absolute Gasteiger partial charge is 0.432 e. The van der Waals surface area contributed by atoms with Gasteiger partial charge in [0.15, 0.2) is 5.58 Å². The van der Waals surface area contributed by atoms with Gasteiger partial charge in [-0.1, -0.05) is 6.07 Å². The first-order chi connectivity index (χ1) is 14.1. The molecule has 2 aromatic carbocycles. The molecule has 156 valence electrons. The zero-order chi connectivity index (χ0) is 21.6. The third-order valence-electron chi connectivity index (χ3n) is 5.00. The van der Waals surface area contributed by atoms with E-state index in [4.69, 9.17) is 4.42 Å². The highest BCUT2D eigenvalue weighted by molar-refractivity contribution is 5.92. The minimum Gasteiger partial charge on any atom is -0.432 e. The number of hydrogen-bond acceptors (Lipinski definition) is 3. The number of aromatic nitrogens is 2. The number of H-pyrrole nitrogens is 1. The van der Waals surface area contributed by atoms with E-state index < -0.39 is 17.6 Å². The quantitative estimate of drug-likeness (QED) is 0.455. The second-order valence-electron chi connectivity index (χ2n) is 7.05. The van der Waals surface area contributed by atoms with Crippen LogP contribution in [0.15, 0.2) is 34.7 Å². The molecule has 0 bridgehead atoms. The van der Waals surface area contributed by atoms with Gasteiger partial charge in [0.25, 0.3) is 5.89 Å². The van der Waals surface area contributed by atoms with E-state index in [2.05, 4.69) is 15.3 Å². The van der Waals surface area contributed by atoms with Gasteiger partial charge >= 0.3 is 12.1 Å². The summed E-state index contributed by atoms with van der Waals surface area (Å²) in [4.78, 5) is 19.3. The summed E-state index contributed by atoms with van der Waals surface area (Å²) in [5.41, 5.74) is 2.18. The standard InChI is InChI=1S/C21H17F4N3O2/c1-10-3-5-14(22)18-17(10)13(11(2)27-18)7-8-26-19(29)20-28-15-6-4-12(21(23,24)25)9-16(15)30-20/h3-6,9,27H,7-8H2,1-2H3,(H,26,29). The normalized spacial score (nSPS) is 12.1. The highest BCUT2D eigenvalue weighted by atomic mass is 19.4. The molecule has 4 rings (SSSR count). The third-order valence-corrected chi connectivity index (χ3v) is 5.00. The Labute approximate surface area is 168 Å². The summed E-state index contributed by atoms with van der Waals surface area (Å²) in [6.07, 6.45) is -4.08. The molecule has 9 heteroatoms. The third kappa shape index (κ3) is 3.51. The Morgan fingerprint density at radius 3 is 2.70 bits per heavy atom. The van der Waals surface area contributed by atoms with E-state index in [0.717, 1.165) is 40.4 Å². The fraction of sp³-hybridized carbons (Fsp3) is 0.238. The summed E-state index contributed by atoms with van der Waals surface area (Å²) < 4.78 is 57.7. The molecule has 0 radical (unpaired) electrons. The van der Waals surface area contributed by atoms with Gasteiger partial charge in [0.2, 0.25) is 0 Å². The number of fused-ring (bicyclic) bond motifs is 2. The fourth-order valence-electron chi connectivity index (χ4n) is 3.53. The first-order valence-corrected chi connectivity index (χ1v) is 9.17. The second-order valence-corrected chi connectivity index (χ2v) is 7.05. The van der Waals surface area contributed by atoms with Crippen LogP contribution in [0.2, 0.25) is 0 Å². The van der Waals surface area contributed by atoms with Crippen molar-refractivity contribution in [2.75, 3.05) is 6.54 Å². The monoisotopic (exact) mass is 419 g/mol. The van der Waals surface area contributed by atoms with Gasteiger partial charge in [-0.2, -0.15) is 13.2 Å². The summed E-state index contributed by atoms with van der Waals surface area (Å²) >= 11 is 0. The van der Waals surface area contributed by atoms with Crippen LogP contribution in [0.4, 0.5) is 17.6 Å². The maximum Gasteiger partial charge on any atom is 0.416 e. The molecule has 2 N–H and O–H groups in total. The van der Waals surface area contributed by atoms with Gasteiger partial charge < -0.3 is 14.7 Å². The molecule has 5 nitrogen and oxygen atoms in total. The summed E-state index contributed by atoms with van der Waals surface area (Å²) in [7, 11) is 0. The predicted octanol–water partition coefficient (Wildman–Crippen LogP) is 5.06. The fourth-order valence-corrected chi connectivity index (χ4v) is 3.53. The lowest BCUT2D eigenvalue weighted by atomic mass is 10.0. The topological polar surface area (TPSA) is 70.9 Å². The highest BCUT2D eigenvalue weighted by Crippen LogP contribution is 2.31. The molecule has 30 heavy (non-hydrogen) atoms. The van der Waals surface area contributed by atoms with Crippen molar-refractivity contribution in [1.82, 2.24) is 15.3 Å². The van der Waals surface area contributed by atoms with Crippen LogP contribution in [0.3, 0.4) is 0 Å². The molecule has 1 amide bonds. The molecule has 0 atom stereocenters. The van der Waals surface area contributed by atoms with Crippen molar-refractivity contribution in [2.45, 2.75) is 26.4 Å². The zero-order valence-corrected chi connectivity index (χ0v) is 16.1. The molecule has 0 spiro atoms. The van der Waals surface area contributed by atoms with Gasteiger partial charge in [0.05, 0.1) is 11.1 Å². The molecule has 0 saturated carbocycles. The Morgan fingerprint density at radius 2 is 1.97 bits per heavy atom. The van der Waals surface area contributed by atoms with Crippen molar-refractivity contribution in [1.29, 1.82) is 0 Å². The number of amides is 1. The summed E-state index contributed by atoms with van der Waals surface area (Å²) in [6, 6.07) is 5.95. The van der Waals surface area contributed by atoms with E-state index in [1.54, 1.807) is 6.07 Å². The summed E-state index contributed by atoms with van der Waals surface area (Å²) in [5.74, 6) is -1.30. The minimum atomic E-state index is -4.52. The molecule has 0 saturated heterocycles. The highest BCUT2D eigenvalue weighted by Gasteiger charge is 2.31. The van der Waals surface area contributed by atoms with Crippen molar-refractivity contribution in [2.24, 2.45) is 0 Å². The van der Waals surface area contributed by atoms with Gasteiger partial charge in [-0.3, -0.25) is 4.79 Å². The van der Waals surface area contributed by atoms with Gasteiger partial charge in [-0.25, -0.2) is 9.37 Å². The Kier molecular flexibility index (Phi) is 4.76. The van der Waals surface area contributed by atoms with Gasteiger partial charge in [-0.15, -0.1) is 0 Å². The van der Waals surface area contributed by atoms with E-state index >= 15 is 0 Å². The van der Waals surface area contributed by atoms with Crippen LogP contribution >= 0.6 is 0 Å². The van der Waals surface area contributed by atoms with Crippen molar-refractivity contribution >= 4 is 27.9 Å². The van der Waals surface area contributed by atoms with Gasteiger partial charge in [0, 0.05) is 17.6 Å². The number of aromatic amines is 1. The molecular weight excluding hydrogens is 402 g/mol. The van der Waals surface area contributed by atoms with E-state index in [1.807, 2.05) is 13.8 Å². The van der Waals surface area contributed by atoms with Gasteiger partial charge in [-0.05, 0) is 55.7 Å². The number of carbonyl (C=O) groups excluding carboxylic acids is 1. The van der Waals surface area contributed by atoms with E-state index in [0.29, 0.717) is 11.9 Å². The smallest absolute Gasteiger partial charge is 0.416 e. The zero-order valence-electron chi connectivity index (χ0n) is 16.1. The van der Waals surface area contributed by atoms with Crippen LogP contribution in [0.25, 0.3) is 22.0 Å². The Balaban J connectivity index is 1.50. The molecule has 0 unspecified atom stereocenters.